The molecule has 2 aromatic heterocycles. The van der Waals surface area contributed by atoms with Crippen molar-refractivity contribution in [1.82, 2.24) is 24.8 Å². The van der Waals surface area contributed by atoms with Crippen LogP contribution in [0.15, 0.2) is 42.5 Å². The van der Waals surface area contributed by atoms with Crippen LogP contribution in [0.1, 0.15) is 79.2 Å². The monoisotopic (exact) mass is 525 g/mol. The maximum atomic E-state index is 12.0. The second kappa shape index (κ2) is 10.8. The minimum absolute atomic E-state index is 0.297. The van der Waals surface area contributed by atoms with E-state index in [1.54, 1.807) is 6.07 Å². The van der Waals surface area contributed by atoms with Crippen molar-refractivity contribution in [3.8, 4) is 11.3 Å². The summed E-state index contributed by atoms with van der Waals surface area (Å²) in [6.07, 6.45) is 7.41. The number of fused-ring (bicyclic) bond motifs is 5. The third-order valence-electron chi connectivity index (χ3n) is 8.35. The van der Waals surface area contributed by atoms with Gasteiger partial charge in [0.2, 0.25) is 0 Å². The fraction of sp³-hybridized carbons (Fsp3) is 0.419. The average molecular weight is 526 g/mol. The molecule has 4 aromatic rings. The predicted molar refractivity (Wildman–Crippen MR) is 152 cm³/mol. The third kappa shape index (κ3) is 4.67. The standard InChI is InChI=1S/C31H35N5O3/c1-3-7-21(4-2)28-26-11-10-23(31(37)38)17-27(26)35-19-24(16-22-8-5-6-9-25(22)29(28)35)30-32-33-34-36(30)18-20-12-14-39-15-13-20/h5-6,8-11,16-17,20-21H,3-4,7,12-15,18-19H2,1-2H3,(H,37,38). The molecule has 2 aliphatic rings. The molecule has 0 amide bonds. The summed E-state index contributed by atoms with van der Waals surface area (Å²) in [6.45, 7) is 7.35. The Morgan fingerprint density at radius 2 is 1.97 bits per heavy atom. The molecule has 0 bridgehead atoms. The summed E-state index contributed by atoms with van der Waals surface area (Å²) in [6, 6.07) is 14.1. The number of tetrazole rings is 1. The lowest BCUT2D eigenvalue weighted by atomic mass is 9.87. The molecule has 8 heteroatoms. The van der Waals surface area contributed by atoms with Gasteiger partial charge in [-0.3, -0.25) is 0 Å². The molecule has 8 nitrogen and oxygen atoms in total. The van der Waals surface area contributed by atoms with Crippen molar-refractivity contribution in [2.75, 3.05) is 13.2 Å². The van der Waals surface area contributed by atoms with Crippen molar-refractivity contribution in [3.05, 3.63) is 65.0 Å². The summed E-state index contributed by atoms with van der Waals surface area (Å²) in [7, 11) is 0. The molecule has 1 N–H and O–H groups in total. The van der Waals surface area contributed by atoms with E-state index in [0.717, 1.165) is 85.3 Å². The van der Waals surface area contributed by atoms with Gasteiger partial charge >= 0.3 is 5.97 Å². The van der Waals surface area contributed by atoms with Gasteiger partial charge in [-0.05, 0) is 77.3 Å². The molecule has 1 saturated heterocycles. The number of nitrogens with zero attached hydrogens (tertiary/aromatic N) is 5. The van der Waals surface area contributed by atoms with Crippen molar-refractivity contribution in [2.45, 2.75) is 65.0 Å². The highest BCUT2D eigenvalue weighted by Gasteiger charge is 2.29. The molecule has 0 saturated carbocycles. The molecule has 2 aliphatic heterocycles. The fourth-order valence-corrected chi connectivity index (χ4v) is 6.39. The van der Waals surface area contributed by atoms with E-state index in [1.807, 2.05) is 16.8 Å². The van der Waals surface area contributed by atoms with Crippen LogP contribution in [0.4, 0.5) is 0 Å². The molecule has 1 unspecified atom stereocenters. The summed E-state index contributed by atoms with van der Waals surface area (Å²) in [5.74, 6) is 0.701. The molecule has 0 radical (unpaired) electrons. The Kier molecular flexibility index (Phi) is 7.04. The first-order chi connectivity index (χ1) is 19.1. The summed E-state index contributed by atoms with van der Waals surface area (Å²) in [5, 5.41) is 23.9. The van der Waals surface area contributed by atoms with Crippen molar-refractivity contribution in [1.29, 1.82) is 0 Å². The Hall–Kier alpha value is -3.78. The first-order valence-electron chi connectivity index (χ1n) is 14.1. The van der Waals surface area contributed by atoms with Gasteiger partial charge in [0.25, 0.3) is 0 Å². The third-order valence-corrected chi connectivity index (χ3v) is 8.35. The molecule has 4 heterocycles. The Morgan fingerprint density at radius 1 is 1.15 bits per heavy atom. The zero-order valence-corrected chi connectivity index (χ0v) is 22.6. The van der Waals surface area contributed by atoms with Crippen molar-refractivity contribution >= 4 is 28.5 Å². The number of ether oxygens (including phenoxy) is 1. The Morgan fingerprint density at radius 3 is 2.74 bits per heavy atom. The minimum atomic E-state index is -0.917. The number of carboxylic acid groups (broad SMARTS) is 1. The number of hydrogen-bond donors (Lipinski definition) is 1. The van der Waals surface area contributed by atoms with Gasteiger partial charge in [-0.2, -0.15) is 0 Å². The van der Waals surface area contributed by atoms with Gasteiger partial charge in [0.1, 0.15) is 0 Å². The highest BCUT2D eigenvalue weighted by molar-refractivity contribution is 6.00. The summed E-state index contributed by atoms with van der Waals surface area (Å²) >= 11 is 0. The van der Waals surface area contributed by atoms with E-state index in [0.29, 0.717) is 23.9 Å². The van der Waals surface area contributed by atoms with Crippen molar-refractivity contribution in [3.63, 3.8) is 0 Å². The van der Waals surface area contributed by atoms with Crippen molar-refractivity contribution in [2.24, 2.45) is 5.92 Å². The lowest BCUT2D eigenvalue weighted by molar-refractivity contribution is 0.0598. The van der Waals surface area contributed by atoms with Gasteiger partial charge in [-0.15, -0.1) is 5.10 Å². The summed E-state index contributed by atoms with van der Waals surface area (Å²) in [4.78, 5) is 12.0. The van der Waals surface area contributed by atoms with Crippen LogP contribution in [0.5, 0.6) is 0 Å². The van der Waals surface area contributed by atoms with Crippen LogP contribution >= 0.6 is 0 Å². The van der Waals surface area contributed by atoms with E-state index in [-0.39, 0.29) is 0 Å². The normalized spacial score (nSPS) is 16.4. The van der Waals surface area contributed by atoms with E-state index in [2.05, 4.69) is 64.3 Å². The Balaban J connectivity index is 1.56. The van der Waals surface area contributed by atoms with Crippen LogP contribution in [0.3, 0.4) is 0 Å². The molecule has 1 atom stereocenters. The SMILES string of the molecule is CCCC(CC)c1c2n(c3cc(C(=O)O)ccc13)CC(c1nnnn1CC1CCOCC1)=Cc1ccccc1-2. The highest BCUT2D eigenvalue weighted by atomic mass is 16.5. The lowest BCUT2D eigenvalue weighted by Gasteiger charge is -2.22. The molecular formula is C31H35N5O3. The summed E-state index contributed by atoms with van der Waals surface area (Å²) in [5.41, 5.74) is 7.04. The quantitative estimate of drug-likeness (QED) is 0.291. The summed E-state index contributed by atoms with van der Waals surface area (Å²) < 4.78 is 9.81. The van der Waals surface area contributed by atoms with Crippen LogP contribution in [0, 0.1) is 5.92 Å². The zero-order valence-electron chi connectivity index (χ0n) is 22.6. The van der Waals surface area contributed by atoms with E-state index >= 15 is 0 Å². The van der Waals surface area contributed by atoms with Crippen LogP contribution < -0.4 is 0 Å². The molecule has 0 aliphatic carbocycles. The fourth-order valence-electron chi connectivity index (χ4n) is 6.39. The molecular weight excluding hydrogens is 490 g/mol. The number of allylic oxidation sites excluding steroid dienone is 1. The molecule has 6 rings (SSSR count). The Bertz CT molecular complexity index is 1540. The van der Waals surface area contributed by atoms with Gasteiger partial charge in [-0.1, -0.05) is 50.6 Å². The van der Waals surface area contributed by atoms with Gasteiger partial charge in [-0.25, -0.2) is 9.48 Å². The van der Waals surface area contributed by atoms with Crippen LogP contribution in [0.25, 0.3) is 33.8 Å². The average Bonchev–Trinajstić information content (AvgIpc) is 3.49. The minimum Gasteiger partial charge on any atom is -0.478 e. The Labute approximate surface area is 228 Å². The smallest absolute Gasteiger partial charge is 0.335 e. The van der Waals surface area contributed by atoms with E-state index < -0.39 is 5.97 Å². The first-order valence-corrected chi connectivity index (χ1v) is 14.1. The number of aromatic carboxylic acids is 1. The second-order valence-corrected chi connectivity index (χ2v) is 10.8. The molecule has 202 valence electrons. The first kappa shape index (κ1) is 25.5. The number of hydrogen-bond acceptors (Lipinski definition) is 5. The maximum absolute atomic E-state index is 12.0. The topological polar surface area (TPSA) is 95.1 Å². The van der Waals surface area contributed by atoms with Gasteiger partial charge in [0.05, 0.1) is 17.8 Å². The van der Waals surface area contributed by atoms with Crippen molar-refractivity contribution < 1.29 is 14.6 Å². The number of carboxylic acids is 1. The number of aromatic nitrogens is 5. The molecule has 1 fully saturated rings. The number of benzene rings is 2. The lowest BCUT2D eigenvalue weighted by Crippen LogP contribution is -2.22. The molecule has 2 aromatic carbocycles. The number of rotatable bonds is 8. The van der Waals surface area contributed by atoms with Crippen LogP contribution in [0.2, 0.25) is 0 Å². The molecule has 39 heavy (non-hydrogen) atoms. The molecule has 0 spiro atoms. The number of carbonyl (C=O) groups is 1. The van der Waals surface area contributed by atoms with Crippen LogP contribution in [-0.4, -0.2) is 49.1 Å². The van der Waals surface area contributed by atoms with E-state index in [4.69, 9.17) is 4.74 Å². The highest BCUT2D eigenvalue weighted by Crippen LogP contribution is 2.45. The largest absolute Gasteiger partial charge is 0.478 e. The van der Waals surface area contributed by atoms with E-state index in [1.165, 1.54) is 11.3 Å². The van der Waals surface area contributed by atoms with Gasteiger partial charge < -0.3 is 14.4 Å². The van der Waals surface area contributed by atoms with Gasteiger partial charge in [0, 0.05) is 41.8 Å². The zero-order chi connectivity index (χ0) is 26.9. The predicted octanol–water partition coefficient (Wildman–Crippen LogP) is 6.27. The van der Waals surface area contributed by atoms with Crippen LogP contribution in [-0.2, 0) is 17.8 Å². The maximum Gasteiger partial charge on any atom is 0.335 e. The van der Waals surface area contributed by atoms with Gasteiger partial charge in [0.15, 0.2) is 5.82 Å². The van der Waals surface area contributed by atoms with E-state index in [9.17, 15) is 9.90 Å². The second-order valence-electron chi connectivity index (χ2n) is 10.8.